The number of urea groups is 1. The van der Waals surface area contributed by atoms with Gasteiger partial charge < -0.3 is 30.1 Å². The number of likely N-dealkylation sites (N-methyl/N-ethyl adjacent to an activating group) is 1. The van der Waals surface area contributed by atoms with E-state index in [9.17, 15) is 30.0 Å². The summed E-state index contributed by atoms with van der Waals surface area (Å²) in [5.41, 5.74) is 2.63. The van der Waals surface area contributed by atoms with Gasteiger partial charge in [-0.15, -0.1) is 0 Å². The van der Waals surface area contributed by atoms with Crippen LogP contribution in [0.5, 0.6) is 0 Å². The summed E-state index contributed by atoms with van der Waals surface area (Å²) in [6.45, 7) is -0.465. The fraction of sp³-hybridized carbons (Fsp3) is 0.391. The number of rotatable bonds is 5. The number of aliphatic hydroxyl groups excluding tert-OH is 4. The van der Waals surface area contributed by atoms with Gasteiger partial charge in [0.2, 0.25) is 0 Å². The minimum Gasteiger partial charge on any atom is -0.394 e. The molecule has 4 N–H and O–H groups in total. The van der Waals surface area contributed by atoms with Crippen molar-refractivity contribution in [1.82, 2.24) is 4.90 Å². The fourth-order valence-electron chi connectivity index (χ4n) is 4.14. The smallest absolute Gasteiger partial charge is 0.331 e. The average Bonchev–Trinajstić information content (AvgIpc) is 3.06. The number of carbonyl (C=O) groups is 2. The molecule has 4 rings (SSSR count). The normalized spacial score (nSPS) is 28.0. The van der Waals surface area contributed by atoms with Crippen molar-refractivity contribution in [3.8, 4) is 0 Å². The number of aliphatic hydroxyl groups is 4. The van der Waals surface area contributed by atoms with Gasteiger partial charge in [0.05, 0.1) is 12.3 Å². The second-order valence-electron chi connectivity index (χ2n) is 8.31. The Hall–Kier alpha value is -2.53. The van der Waals surface area contributed by atoms with Crippen LogP contribution in [-0.4, -0.2) is 81.9 Å². The van der Waals surface area contributed by atoms with E-state index in [2.05, 4.69) is 0 Å². The standard InChI is InChI=1S/C23H25ClN2O7/c1-25-10-18(28)26(23(25)32)15-5-2-12(3-6-15)8-14-9-13(4-7-16(14)24)22-21(31)20(30)19(29)17(11-27)33-22/h2-7,9,17,19-22,27,29-31H,8,10-11H2,1H3/t17-,19-,20+,21+,22+/m1/s1. The van der Waals surface area contributed by atoms with Crippen molar-refractivity contribution in [2.24, 2.45) is 0 Å². The lowest BCUT2D eigenvalue weighted by Crippen LogP contribution is -2.55. The second kappa shape index (κ2) is 9.38. The maximum Gasteiger partial charge on any atom is 0.331 e. The molecule has 0 unspecified atom stereocenters. The molecule has 0 bridgehead atoms. The first-order valence-electron chi connectivity index (χ1n) is 10.5. The van der Waals surface area contributed by atoms with E-state index in [0.717, 1.165) is 16.0 Å². The van der Waals surface area contributed by atoms with E-state index in [1.807, 2.05) is 0 Å². The highest BCUT2D eigenvalue weighted by molar-refractivity contribution is 6.31. The quantitative estimate of drug-likeness (QED) is 0.470. The lowest BCUT2D eigenvalue weighted by Gasteiger charge is -2.40. The molecule has 33 heavy (non-hydrogen) atoms. The molecule has 2 fully saturated rings. The highest BCUT2D eigenvalue weighted by Crippen LogP contribution is 2.34. The number of imide groups is 1. The lowest BCUT2D eigenvalue weighted by atomic mass is 9.90. The third kappa shape index (κ3) is 4.48. The van der Waals surface area contributed by atoms with Gasteiger partial charge in [-0.1, -0.05) is 35.9 Å². The second-order valence-corrected chi connectivity index (χ2v) is 8.72. The highest BCUT2D eigenvalue weighted by atomic mass is 35.5. The zero-order valence-electron chi connectivity index (χ0n) is 17.8. The first-order valence-corrected chi connectivity index (χ1v) is 10.8. The van der Waals surface area contributed by atoms with Crippen LogP contribution in [0.4, 0.5) is 10.5 Å². The molecule has 2 aromatic rings. The molecule has 2 aliphatic rings. The van der Waals surface area contributed by atoms with Crippen molar-refractivity contribution < 1.29 is 34.8 Å². The van der Waals surface area contributed by atoms with Crippen LogP contribution < -0.4 is 4.90 Å². The Bertz CT molecular complexity index is 1050. The molecule has 176 valence electrons. The molecule has 2 saturated heterocycles. The van der Waals surface area contributed by atoms with E-state index in [1.165, 1.54) is 4.90 Å². The minimum absolute atomic E-state index is 0.0426. The molecule has 0 aromatic heterocycles. The maximum absolute atomic E-state index is 12.2. The van der Waals surface area contributed by atoms with Crippen LogP contribution in [-0.2, 0) is 16.0 Å². The fourth-order valence-corrected chi connectivity index (χ4v) is 4.32. The van der Waals surface area contributed by atoms with Crippen LogP contribution in [0.25, 0.3) is 0 Å². The third-order valence-corrected chi connectivity index (χ3v) is 6.39. The maximum atomic E-state index is 12.2. The number of nitrogens with zero attached hydrogens (tertiary/aromatic N) is 2. The number of benzene rings is 2. The number of ether oxygens (including phenoxy) is 1. The number of hydrogen-bond donors (Lipinski definition) is 4. The van der Waals surface area contributed by atoms with Gasteiger partial charge in [0, 0.05) is 12.1 Å². The van der Waals surface area contributed by atoms with E-state index in [0.29, 0.717) is 22.7 Å². The van der Waals surface area contributed by atoms with Crippen molar-refractivity contribution in [3.63, 3.8) is 0 Å². The Balaban J connectivity index is 1.54. The SMILES string of the molecule is CN1CC(=O)N(c2ccc(Cc3cc([C@@H]4O[C@H](CO)[C@@H](O)[C@H](O)[C@@H]4O)ccc3Cl)cc2)C1=O. The highest BCUT2D eigenvalue weighted by Gasteiger charge is 2.44. The van der Waals surface area contributed by atoms with E-state index < -0.39 is 37.1 Å². The van der Waals surface area contributed by atoms with E-state index in [1.54, 1.807) is 49.5 Å². The lowest BCUT2D eigenvalue weighted by molar-refractivity contribution is -0.231. The van der Waals surface area contributed by atoms with Crippen molar-refractivity contribution in [1.29, 1.82) is 0 Å². The third-order valence-electron chi connectivity index (χ3n) is 6.02. The van der Waals surface area contributed by atoms with Crippen molar-refractivity contribution >= 4 is 29.2 Å². The summed E-state index contributed by atoms with van der Waals surface area (Å²) in [6.07, 6.45) is -5.82. The Morgan fingerprint density at radius 3 is 2.33 bits per heavy atom. The monoisotopic (exact) mass is 476 g/mol. The Morgan fingerprint density at radius 2 is 1.73 bits per heavy atom. The number of carbonyl (C=O) groups excluding carboxylic acids is 2. The minimum atomic E-state index is -1.47. The van der Waals surface area contributed by atoms with Crippen molar-refractivity contribution in [2.75, 3.05) is 25.1 Å². The molecule has 0 saturated carbocycles. The summed E-state index contributed by atoms with van der Waals surface area (Å²) < 4.78 is 5.64. The van der Waals surface area contributed by atoms with Gasteiger partial charge in [-0.05, 0) is 41.3 Å². The van der Waals surface area contributed by atoms with Gasteiger partial charge in [0.25, 0.3) is 5.91 Å². The van der Waals surface area contributed by atoms with Gasteiger partial charge in [-0.3, -0.25) is 4.79 Å². The summed E-state index contributed by atoms with van der Waals surface area (Å²) >= 11 is 6.38. The summed E-state index contributed by atoms with van der Waals surface area (Å²) in [4.78, 5) is 26.7. The summed E-state index contributed by atoms with van der Waals surface area (Å²) in [5, 5.41) is 40.4. The van der Waals surface area contributed by atoms with Gasteiger partial charge in [-0.25, -0.2) is 9.69 Å². The molecule has 2 aromatic carbocycles. The molecular formula is C23H25ClN2O7. The topological polar surface area (TPSA) is 131 Å². The van der Waals surface area contributed by atoms with Crippen LogP contribution in [0.15, 0.2) is 42.5 Å². The summed E-state index contributed by atoms with van der Waals surface area (Å²) in [7, 11) is 1.57. The molecule has 0 spiro atoms. The zero-order valence-corrected chi connectivity index (χ0v) is 18.6. The van der Waals surface area contributed by atoms with Crippen LogP contribution in [0.3, 0.4) is 0 Å². The largest absolute Gasteiger partial charge is 0.394 e. The number of amides is 3. The molecule has 10 heteroatoms. The van der Waals surface area contributed by atoms with Crippen LogP contribution in [0.1, 0.15) is 22.8 Å². The molecule has 2 aliphatic heterocycles. The molecule has 0 aliphatic carbocycles. The first kappa shape index (κ1) is 23.6. The predicted molar refractivity (Wildman–Crippen MR) is 119 cm³/mol. The van der Waals surface area contributed by atoms with E-state index in [4.69, 9.17) is 16.3 Å². The van der Waals surface area contributed by atoms with E-state index >= 15 is 0 Å². The van der Waals surface area contributed by atoms with Crippen molar-refractivity contribution in [3.05, 3.63) is 64.2 Å². The predicted octanol–water partition coefficient (Wildman–Crippen LogP) is 0.844. The van der Waals surface area contributed by atoms with Crippen LogP contribution in [0, 0.1) is 0 Å². The number of anilines is 1. The van der Waals surface area contributed by atoms with Gasteiger partial charge in [0.1, 0.15) is 37.1 Å². The van der Waals surface area contributed by atoms with Gasteiger partial charge in [0.15, 0.2) is 0 Å². The van der Waals surface area contributed by atoms with Crippen LogP contribution >= 0.6 is 11.6 Å². The Morgan fingerprint density at radius 1 is 1.03 bits per heavy atom. The average molecular weight is 477 g/mol. The molecule has 3 amide bonds. The molecule has 5 atom stereocenters. The van der Waals surface area contributed by atoms with Crippen LogP contribution in [0.2, 0.25) is 5.02 Å². The Labute approximate surface area is 195 Å². The van der Waals surface area contributed by atoms with E-state index in [-0.39, 0.29) is 18.5 Å². The van der Waals surface area contributed by atoms with Crippen molar-refractivity contribution in [2.45, 2.75) is 36.9 Å². The Kier molecular flexibility index (Phi) is 6.71. The number of halogens is 1. The zero-order chi connectivity index (χ0) is 23.9. The first-order chi connectivity index (χ1) is 15.7. The summed E-state index contributed by atoms with van der Waals surface area (Å²) in [6, 6.07) is 11.7. The summed E-state index contributed by atoms with van der Waals surface area (Å²) in [5.74, 6) is -0.287. The molecule has 2 heterocycles. The molecule has 9 nitrogen and oxygen atoms in total. The molecule has 0 radical (unpaired) electrons. The van der Waals surface area contributed by atoms with Gasteiger partial charge in [-0.2, -0.15) is 0 Å². The molecular weight excluding hydrogens is 452 g/mol. The number of hydrogen-bond acceptors (Lipinski definition) is 7. The van der Waals surface area contributed by atoms with Gasteiger partial charge >= 0.3 is 6.03 Å².